The minimum Gasteiger partial charge on any atom is -0.483 e. The van der Waals surface area contributed by atoms with Crippen LogP contribution in [0.25, 0.3) is 0 Å². The van der Waals surface area contributed by atoms with Gasteiger partial charge in [-0.15, -0.1) is 0 Å². The summed E-state index contributed by atoms with van der Waals surface area (Å²) in [5.41, 5.74) is 1.68. The van der Waals surface area contributed by atoms with Crippen LogP contribution in [-0.2, 0) is 9.59 Å². The van der Waals surface area contributed by atoms with Crippen molar-refractivity contribution in [3.05, 3.63) is 11.8 Å². The summed E-state index contributed by atoms with van der Waals surface area (Å²) in [5, 5.41) is 13.8. The van der Waals surface area contributed by atoms with Crippen LogP contribution < -0.4 is 9.80 Å². The van der Waals surface area contributed by atoms with E-state index in [0.717, 1.165) is 30.4 Å². The van der Waals surface area contributed by atoms with Crippen molar-refractivity contribution in [1.29, 1.82) is 0 Å². The van der Waals surface area contributed by atoms with Crippen LogP contribution in [0.15, 0.2) is 6.20 Å². The molecule has 2 N–H and O–H groups in total. The van der Waals surface area contributed by atoms with Gasteiger partial charge in [-0.1, -0.05) is 0 Å². The molecule has 1 aromatic rings. The molecule has 0 aliphatic carbocycles. The number of piperidine rings is 2. The average Bonchev–Trinajstić information content (AvgIpc) is 2.64. The second-order valence-electron chi connectivity index (χ2n) is 7.61. The maximum Gasteiger partial charge on any atom is 0.290 e. The maximum absolute atomic E-state index is 8.36. The lowest BCUT2D eigenvalue weighted by Gasteiger charge is -2.47. The zero-order chi connectivity index (χ0) is 21.2. The number of rotatable bonds is 2. The Morgan fingerprint density at radius 1 is 1.11 bits per heavy atom. The van der Waals surface area contributed by atoms with Gasteiger partial charge in [-0.2, -0.15) is 4.98 Å². The Balaban J connectivity index is 0.000000582. The minimum atomic E-state index is -0.250. The highest BCUT2D eigenvalue weighted by Gasteiger charge is 2.37. The molecule has 158 valence electrons. The van der Waals surface area contributed by atoms with Crippen LogP contribution in [0.5, 0.6) is 0 Å². The summed E-state index contributed by atoms with van der Waals surface area (Å²) in [4.78, 5) is 33.0. The molecule has 0 aromatic carbocycles. The number of anilines is 2. The summed E-state index contributed by atoms with van der Waals surface area (Å²) in [6, 6.07) is 0. The lowest BCUT2D eigenvalue weighted by Crippen LogP contribution is -2.48. The maximum atomic E-state index is 8.36. The Kier molecular flexibility index (Phi) is 9.64. The van der Waals surface area contributed by atoms with Crippen molar-refractivity contribution < 1.29 is 19.8 Å². The van der Waals surface area contributed by atoms with Gasteiger partial charge in [0, 0.05) is 45.5 Å². The van der Waals surface area contributed by atoms with Gasteiger partial charge >= 0.3 is 0 Å². The summed E-state index contributed by atoms with van der Waals surface area (Å²) < 4.78 is 0. The number of likely N-dealkylation sites (tertiary alicyclic amines) is 1. The van der Waals surface area contributed by atoms with Crippen molar-refractivity contribution in [3.63, 3.8) is 0 Å². The molecular weight excluding hydrogens is 362 g/mol. The monoisotopic (exact) mass is 395 g/mol. The second kappa shape index (κ2) is 11.4. The molecule has 0 bridgehead atoms. The van der Waals surface area contributed by atoms with Gasteiger partial charge in [0.05, 0.1) is 0 Å². The molecule has 9 nitrogen and oxygen atoms in total. The van der Waals surface area contributed by atoms with E-state index in [2.05, 4.69) is 33.7 Å². The highest BCUT2D eigenvalue weighted by molar-refractivity contribution is 5.48. The number of carbonyl (C=O) groups is 2. The number of carboxylic acid groups (broad SMARTS) is 2. The molecule has 3 heterocycles. The van der Waals surface area contributed by atoms with E-state index in [0.29, 0.717) is 5.41 Å². The molecule has 1 spiro atoms. The SMILES string of the molecule is Cc1cnc(N2CCC3(CCCN(C)C3)CC2)nc1N(C)C.O=CO.O=CO. The van der Waals surface area contributed by atoms with E-state index in [4.69, 9.17) is 24.8 Å². The summed E-state index contributed by atoms with van der Waals surface area (Å²) in [7, 11) is 6.35. The first-order chi connectivity index (χ1) is 13.3. The van der Waals surface area contributed by atoms with Crippen LogP contribution >= 0.6 is 0 Å². The van der Waals surface area contributed by atoms with Gasteiger partial charge in [0.25, 0.3) is 12.9 Å². The van der Waals surface area contributed by atoms with Crippen molar-refractivity contribution in [2.24, 2.45) is 5.41 Å². The first-order valence-electron chi connectivity index (χ1n) is 9.42. The molecule has 1 aromatic heterocycles. The largest absolute Gasteiger partial charge is 0.483 e. The fraction of sp³-hybridized carbons (Fsp3) is 0.684. The molecule has 28 heavy (non-hydrogen) atoms. The van der Waals surface area contributed by atoms with Crippen LogP contribution in [0.4, 0.5) is 11.8 Å². The number of nitrogens with zero attached hydrogens (tertiary/aromatic N) is 5. The zero-order valence-electron chi connectivity index (χ0n) is 17.3. The fourth-order valence-corrected chi connectivity index (χ4v) is 4.07. The topological polar surface area (TPSA) is 110 Å². The number of hydrogen-bond acceptors (Lipinski definition) is 7. The van der Waals surface area contributed by atoms with Crippen LogP contribution in [0, 0.1) is 12.3 Å². The number of aryl methyl sites for hydroxylation is 1. The lowest BCUT2D eigenvalue weighted by molar-refractivity contribution is -0.123. The van der Waals surface area contributed by atoms with Crippen LogP contribution in [-0.4, -0.2) is 85.3 Å². The Labute approximate surface area is 167 Å². The molecular formula is C19H33N5O4. The van der Waals surface area contributed by atoms with E-state index < -0.39 is 0 Å². The molecule has 0 radical (unpaired) electrons. The third-order valence-corrected chi connectivity index (χ3v) is 5.32. The van der Waals surface area contributed by atoms with E-state index in [-0.39, 0.29) is 12.9 Å². The number of aromatic nitrogens is 2. The van der Waals surface area contributed by atoms with E-state index in [1.54, 1.807) is 0 Å². The fourth-order valence-electron chi connectivity index (χ4n) is 4.07. The van der Waals surface area contributed by atoms with Gasteiger partial charge in [-0.25, -0.2) is 4.98 Å². The molecule has 2 aliphatic heterocycles. The van der Waals surface area contributed by atoms with E-state index >= 15 is 0 Å². The van der Waals surface area contributed by atoms with Gasteiger partial charge in [-0.05, 0) is 51.6 Å². The highest BCUT2D eigenvalue weighted by atomic mass is 16.3. The standard InChI is InChI=1S/C17H29N5.2CH2O2/c1-14-12-18-16(19-15(14)20(2)3)22-10-7-17(8-11-22)6-5-9-21(4)13-17;2*2-1-3/h12H,5-11,13H2,1-4H3;2*1H,(H,2,3). The van der Waals surface area contributed by atoms with Gasteiger partial charge in [-0.3, -0.25) is 9.59 Å². The van der Waals surface area contributed by atoms with Crippen molar-refractivity contribution in [1.82, 2.24) is 14.9 Å². The summed E-state index contributed by atoms with van der Waals surface area (Å²) >= 11 is 0. The predicted octanol–water partition coefficient (Wildman–Crippen LogP) is 1.56. The van der Waals surface area contributed by atoms with Crippen LogP contribution in [0.2, 0.25) is 0 Å². The molecule has 0 atom stereocenters. The molecule has 3 rings (SSSR count). The molecule has 9 heteroatoms. The summed E-state index contributed by atoms with van der Waals surface area (Å²) in [6.07, 6.45) is 7.24. The van der Waals surface area contributed by atoms with Crippen molar-refractivity contribution in [2.75, 3.05) is 57.1 Å². The van der Waals surface area contributed by atoms with Gasteiger partial charge in [0.15, 0.2) is 0 Å². The summed E-state index contributed by atoms with van der Waals surface area (Å²) in [6.45, 7) is 6.27. The molecule has 2 fully saturated rings. The highest BCUT2D eigenvalue weighted by Crippen LogP contribution is 2.40. The van der Waals surface area contributed by atoms with Crippen molar-refractivity contribution in [2.45, 2.75) is 32.6 Å². The Morgan fingerprint density at radius 3 is 2.18 bits per heavy atom. The normalized spacial score (nSPS) is 18.2. The van der Waals surface area contributed by atoms with E-state index in [1.165, 1.54) is 38.8 Å². The predicted molar refractivity (Wildman–Crippen MR) is 109 cm³/mol. The Bertz CT molecular complexity index is 612. The third-order valence-electron chi connectivity index (χ3n) is 5.32. The van der Waals surface area contributed by atoms with Gasteiger partial charge in [0.1, 0.15) is 5.82 Å². The van der Waals surface area contributed by atoms with Gasteiger partial charge < -0.3 is 24.9 Å². The average molecular weight is 396 g/mol. The molecule has 0 amide bonds. The zero-order valence-corrected chi connectivity index (χ0v) is 17.3. The van der Waals surface area contributed by atoms with Crippen molar-refractivity contribution in [3.8, 4) is 0 Å². The third kappa shape index (κ3) is 6.63. The van der Waals surface area contributed by atoms with E-state index in [9.17, 15) is 0 Å². The molecule has 0 saturated carbocycles. The molecule has 2 aliphatic rings. The van der Waals surface area contributed by atoms with Crippen molar-refractivity contribution >= 4 is 24.7 Å². The van der Waals surface area contributed by atoms with Gasteiger partial charge in [0.2, 0.25) is 5.95 Å². The smallest absolute Gasteiger partial charge is 0.290 e. The second-order valence-corrected chi connectivity index (χ2v) is 7.61. The van der Waals surface area contributed by atoms with Crippen LogP contribution in [0.3, 0.4) is 0 Å². The van der Waals surface area contributed by atoms with Crippen LogP contribution in [0.1, 0.15) is 31.2 Å². The number of hydrogen-bond donors (Lipinski definition) is 2. The molecule has 2 saturated heterocycles. The lowest BCUT2D eigenvalue weighted by atomic mass is 9.72. The quantitative estimate of drug-likeness (QED) is 0.721. The molecule has 0 unspecified atom stereocenters. The first kappa shape index (κ1) is 23.6. The Morgan fingerprint density at radius 2 is 1.68 bits per heavy atom. The Hall–Kier alpha value is -2.42. The summed E-state index contributed by atoms with van der Waals surface area (Å²) in [5.74, 6) is 1.93. The first-order valence-corrected chi connectivity index (χ1v) is 9.42. The minimum absolute atomic E-state index is 0.250. The van der Waals surface area contributed by atoms with E-state index in [1.807, 2.05) is 20.3 Å².